The zero-order valence-corrected chi connectivity index (χ0v) is 17.4. The molecule has 5 rings (SSSR count). The number of benzene rings is 1. The van der Waals surface area contributed by atoms with Gasteiger partial charge in [-0.05, 0) is 11.6 Å². The Balaban J connectivity index is 0.00000120. The van der Waals surface area contributed by atoms with Crippen molar-refractivity contribution in [2.24, 2.45) is 0 Å². The Labute approximate surface area is 180 Å². The number of hydrogen-bond donors (Lipinski definition) is 1. The van der Waals surface area contributed by atoms with Gasteiger partial charge in [0.05, 0.1) is 12.2 Å². The van der Waals surface area contributed by atoms with E-state index in [1.165, 1.54) is 11.3 Å². The number of nitrogens with one attached hydrogen (secondary N) is 1. The van der Waals surface area contributed by atoms with Crippen molar-refractivity contribution < 1.29 is 4.52 Å². The summed E-state index contributed by atoms with van der Waals surface area (Å²) < 4.78 is 9.23. The molecule has 0 bridgehead atoms. The van der Waals surface area contributed by atoms with Gasteiger partial charge in [0.25, 0.3) is 0 Å². The number of halogens is 2. The number of aromatic nitrogens is 6. The first-order valence-electron chi connectivity index (χ1n) is 8.95. The molecule has 0 fully saturated rings. The molecule has 0 amide bonds. The van der Waals surface area contributed by atoms with Gasteiger partial charge in [0, 0.05) is 44.5 Å². The Morgan fingerprint density at radius 2 is 2.00 bits per heavy atom. The van der Waals surface area contributed by atoms with E-state index in [0.717, 1.165) is 43.3 Å². The largest absolute Gasteiger partial charge is 0.339 e. The molecule has 1 N–H and O–H groups in total. The number of imidazole rings is 1. The van der Waals surface area contributed by atoms with Crippen LogP contribution in [0.25, 0.3) is 22.9 Å². The average Bonchev–Trinajstić information content (AvgIpc) is 3.41. The van der Waals surface area contributed by atoms with Crippen molar-refractivity contribution in [1.82, 2.24) is 34.8 Å². The van der Waals surface area contributed by atoms with E-state index in [1.807, 2.05) is 24.5 Å². The number of fused-ring (bicyclic) bond motifs is 1. The van der Waals surface area contributed by atoms with Crippen molar-refractivity contribution in [3.05, 3.63) is 59.9 Å². The zero-order chi connectivity index (χ0) is 18.2. The van der Waals surface area contributed by atoms with Gasteiger partial charge in [-0.25, -0.2) is 4.98 Å². The molecule has 0 atom stereocenters. The number of aryl methyl sites for hydroxylation is 1. The second-order valence-corrected chi connectivity index (χ2v) is 6.63. The molecule has 0 aliphatic carbocycles. The first-order chi connectivity index (χ1) is 13.3. The molecular weight excluding hydrogens is 413 g/mol. The molecular formula is C19H21Cl2N7O. The van der Waals surface area contributed by atoms with Crippen LogP contribution in [0.1, 0.15) is 17.1 Å². The summed E-state index contributed by atoms with van der Waals surface area (Å²) in [5.74, 6) is 2.06. The van der Waals surface area contributed by atoms with Crippen LogP contribution >= 0.6 is 24.8 Å². The maximum atomic E-state index is 5.05. The third-order valence-electron chi connectivity index (χ3n) is 4.71. The van der Waals surface area contributed by atoms with Crippen LogP contribution in [-0.4, -0.2) is 36.0 Å². The number of nitrogens with zero attached hydrogens (tertiary/aromatic N) is 6. The molecule has 152 valence electrons. The fourth-order valence-corrected chi connectivity index (χ4v) is 3.34. The first-order valence-corrected chi connectivity index (χ1v) is 8.95. The van der Waals surface area contributed by atoms with E-state index in [2.05, 4.69) is 47.9 Å². The summed E-state index contributed by atoms with van der Waals surface area (Å²) in [6.45, 7) is 5.21. The van der Waals surface area contributed by atoms with Crippen molar-refractivity contribution in [3.8, 4) is 22.9 Å². The van der Waals surface area contributed by atoms with Gasteiger partial charge in [0.15, 0.2) is 5.82 Å². The Kier molecular flexibility index (Phi) is 6.36. The van der Waals surface area contributed by atoms with Crippen molar-refractivity contribution in [2.75, 3.05) is 6.54 Å². The van der Waals surface area contributed by atoms with E-state index in [1.54, 1.807) is 6.92 Å². The van der Waals surface area contributed by atoms with Gasteiger partial charge in [-0.3, -0.25) is 4.68 Å². The van der Waals surface area contributed by atoms with Crippen molar-refractivity contribution in [2.45, 2.75) is 26.6 Å². The van der Waals surface area contributed by atoms with Gasteiger partial charge in [-0.15, -0.1) is 24.8 Å². The summed E-state index contributed by atoms with van der Waals surface area (Å²) in [6.07, 6.45) is 3.81. The first kappa shape index (κ1) is 21.0. The molecule has 10 heteroatoms. The second kappa shape index (κ2) is 8.77. The van der Waals surface area contributed by atoms with Crippen molar-refractivity contribution in [3.63, 3.8) is 0 Å². The quantitative estimate of drug-likeness (QED) is 0.531. The second-order valence-electron chi connectivity index (χ2n) is 6.63. The fraction of sp³-hybridized carbons (Fsp3) is 0.263. The van der Waals surface area contributed by atoms with E-state index < -0.39 is 0 Å². The van der Waals surface area contributed by atoms with Crippen LogP contribution in [0.4, 0.5) is 0 Å². The van der Waals surface area contributed by atoms with Crippen LogP contribution in [0.15, 0.2) is 47.2 Å². The third kappa shape index (κ3) is 4.19. The van der Waals surface area contributed by atoms with E-state index in [4.69, 9.17) is 9.62 Å². The Morgan fingerprint density at radius 3 is 2.72 bits per heavy atom. The van der Waals surface area contributed by atoms with E-state index in [0.29, 0.717) is 11.7 Å². The molecule has 1 aromatic carbocycles. The van der Waals surface area contributed by atoms with E-state index in [9.17, 15) is 0 Å². The molecule has 0 spiro atoms. The van der Waals surface area contributed by atoms with E-state index in [-0.39, 0.29) is 24.8 Å². The number of rotatable bonds is 4. The van der Waals surface area contributed by atoms with E-state index >= 15 is 0 Å². The van der Waals surface area contributed by atoms with Crippen LogP contribution in [0.5, 0.6) is 0 Å². The molecule has 1 aliphatic heterocycles. The molecule has 0 radical (unpaired) electrons. The maximum absolute atomic E-state index is 5.05. The molecule has 4 aromatic rings. The minimum atomic E-state index is 0. The lowest BCUT2D eigenvalue weighted by atomic mass is 10.1. The highest BCUT2D eigenvalue weighted by molar-refractivity contribution is 5.85. The monoisotopic (exact) mass is 433 g/mol. The summed E-state index contributed by atoms with van der Waals surface area (Å²) in [5, 5.41) is 12.0. The lowest BCUT2D eigenvalue weighted by Crippen LogP contribution is -2.28. The summed E-state index contributed by atoms with van der Waals surface area (Å²) in [6, 6.07) is 10.3. The van der Waals surface area contributed by atoms with Crippen LogP contribution in [-0.2, 0) is 19.6 Å². The highest BCUT2D eigenvalue weighted by Gasteiger charge is 2.16. The third-order valence-corrected chi connectivity index (χ3v) is 4.71. The summed E-state index contributed by atoms with van der Waals surface area (Å²) in [5.41, 5.74) is 4.22. The lowest BCUT2D eigenvalue weighted by Gasteiger charge is -2.13. The van der Waals surface area contributed by atoms with Gasteiger partial charge >= 0.3 is 0 Å². The summed E-state index contributed by atoms with van der Waals surface area (Å²) in [7, 11) is 0. The van der Waals surface area contributed by atoms with Gasteiger partial charge in [-0.1, -0.05) is 29.4 Å². The molecule has 0 saturated heterocycles. The van der Waals surface area contributed by atoms with Crippen molar-refractivity contribution >= 4 is 24.8 Å². The standard InChI is InChI=1S/C19H19N7O.2ClH/c1-13-22-18(24-27-13)15-4-2-14(3-5-15)12-25-8-7-21-19(25)17-10-16-11-20-6-9-26(16)23-17;;/h2-5,7-8,10,20H,6,9,11-12H2,1H3;2*1H. The van der Waals surface area contributed by atoms with Crippen LogP contribution in [0.2, 0.25) is 0 Å². The zero-order valence-electron chi connectivity index (χ0n) is 15.8. The SMILES string of the molecule is Cc1nc(-c2ccc(Cn3ccnc3-c3cc4n(n3)CCNC4)cc2)no1.Cl.Cl. The lowest BCUT2D eigenvalue weighted by molar-refractivity contribution is 0.394. The minimum Gasteiger partial charge on any atom is -0.339 e. The molecule has 0 unspecified atom stereocenters. The smallest absolute Gasteiger partial charge is 0.223 e. The molecule has 29 heavy (non-hydrogen) atoms. The molecule has 3 aromatic heterocycles. The van der Waals surface area contributed by atoms with Gasteiger partial charge < -0.3 is 14.4 Å². The minimum absolute atomic E-state index is 0. The highest BCUT2D eigenvalue weighted by atomic mass is 35.5. The predicted molar refractivity (Wildman–Crippen MR) is 113 cm³/mol. The van der Waals surface area contributed by atoms with Gasteiger partial charge in [0.1, 0.15) is 5.69 Å². The van der Waals surface area contributed by atoms with Crippen LogP contribution in [0.3, 0.4) is 0 Å². The van der Waals surface area contributed by atoms with Gasteiger partial charge in [-0.2, -0.15) is 10.1 Å². The van der Waals surface area contributed by atoms with Gasteiger partial charge in [0.2, 0.25) is 11.7 Å². The molecule has 1 aliphatic rings. The topological polar surface area (TPSA) is 86.6 Å². The fourth-order valence-electron chi connectivity index (χ4n) is 3.34. The Hall–Kier alpha value is -2.68. The van der Waals surface area contributed by atoms with Crippen molar-refractivity contribution in [1.29, 1.82) is 0 Å². The Morgan fingerprint density at radius 1 is 1.17 bits per heavy atom. The molecule has 0 saturated carbocycles. The normalized spacial score (nSPS) is 12.7. The Bertz CT molecular complexity index is 1060. The maximum Gasteiger partial charge on any atom is 0.223 e. The average molecular weight is 434 g/mol. The van der Waals surface area contributed by atoms with Crippen LogP contribution < -0.4 is 5.32 Å². The molecule has 8 nitrogen and oxygen atoms in total. The highest BCUT2D eigenvalue weighted by Crippen LogP contribution is 2.21. The molecule has 4 heterocycles. The predicted octanol–water partition coefficient (Wildman–Crippen LogP) is 3.10. The summed E-state index contributed by atoms with van der Waals surface area (Å²) >= 11 is 0. The van der Waals surface area contributed by atoms with Crippen LogP contribution in [0, 0.1) is 6.92 Å². The summed E-state index contributed by atoms with van der Waals surface area (Å²) in [4.78, 5) is 8.79. The number of hydrogen-bond acceptors (Lipinski definition) is 6.